The van der Waals surface area contributed by atoms with Gasteiger partial charge in [0, 0.05) is 19.3 Å². The zero-order valence-corrected chi connectivity index (χ0v) is 14.2. The summed E-state index contributed by atoms with van der Waals surface area (Å²) in [6, 6.07) is 14.0. The molecule has 1 fully saturated rings. The van der Waals surface area contributed by atoms with Crippen LogP contribution in [0.15, 0.2) is 48.8 Å². The molecule has 0 spiro atoms. The van der Waals surface area contributed by atoms with E-state index in [4.69, 9.17) is 0 Å². The Bertz CT molecular complexity index is 853. The number of benzene rings is 1. The molecule has 0 aliphatic carbocycles. The summed E-state index contributed by atoms with van der Waals surface area (Å²) in [6.45, 7) is 0.746. The number of nitrogens with one attached hydrogen (secondary N) is 1. The number of hydrogen-bond acceptors (Lipinski definition) is 3. The van der Waals surface area contributed by atoms with Crippen LogP contribution in [0.1, 0.15) is 41.6 Å². The molecule has 1 unspecified atom stereocenters. The average Bonchev–Trinajstić information content (AvgIpc) is 3.32. The van der Waals surface area contributed by atoms with Gasteiger partial charge < -0.3 is 9.47 Å². The molecule has 0 saturated carbocycles. The summed E-state index contributed by atoms with van der Waals surface area (Å²) in [5, 5.41) is 6.87. The van der Waals surface area contributed by atoms with E-state index >= 15 is 0 Å². The van der Waals surface area contributed by atoms with Gasteiger partial charge in [-0.25, -0.2) is 4.98 Å². The lowest BCUT2D eigenvalue weighted by Crippen LogP contribution is -2.39. The van der Waals surface area contributed by atoms with Crippen molar-refractivity contribution in [1.82, 2.24) is 24.6 Å². The predicted molar refractivity (Wildman–Crippen MR) is 94.9 cm³/mol. The van der Waals surface area contributed by atoms with Crippen molar-refractivity contribution in [3.8, 4) is 11.3 Å². The summed E-state index contributed by atoms with van der Waals surface area (Å²) in [4.78, 5) is 19.4. The van der Waals surface area contributed by atoms with E-state index in [1.165, 1.54) is 6.33 Å². The molecular weight excluding hydrogens is 314 g/mol. The number of carbonyl (C=O) groups is 1. The summed E-state index contributed by atoms with van der Waals surface area (Å²) in [5.41, 5.74) is 2.84. The number of amides is 1. The third-order valence-electron chi connectivity index (χ3n) is 4.92. The lowest BCUT2D eigenvalue weighted by atomic mass is 10.0. The third-order valence-corrected chi connectivity index (χ3v) is 4.92. The first-order valence-electron chi connectivity index (χ1n) is 8.63. The van der Waals surface area contributed by atoms with E-state index < -0.39 is 0 Å². The van der Waals surface area contributed by atoms with Gasteiger partial charge in [-0.15, -0.1) is 0 Å². The number of nitrogens with zero attached hydrogens (tertiary/aromatic N) is 4. The smallest absolute Gasteiger partial charge is 0.271 e. The molecule has 3 aromatic rings. The van der Waals surface area contributed by atoms with Crippen LogP contribution in [0.5, 0.6) is 0 Å². The molecule has 1 aromatic carbocycles. The number of aromatic nitrogens is 4. The van der Waals surface area contributed by atoms with Crippen molar-refractivity contribution >= 4 is 5.91 Å². The number of H-pyrrole nitrogens is 1. The minimum absolute atomic E-state index is 0.0289. The van der Waals surface area contributed by atoms with Crippen LogP contribution in [-0.2, 0) is 7.05 Å². The van der Waals surface area contributed by atoms with E-state index in [-0.39, 0.29) is 11.9 Å². The van der Waals surface area contributed by atoms with Crippen molar-refractivity contribution in [2.75, 3.05) is 6.54 Å². The number of rotatable bonds is 3. The largest absolute Gasteiger partial charge is 0.340 e. The summed E-state index contributed by atoms with van der Waals surface area (Å²) >= 11 is 0. The van der Waals surface area contributed by atoms with Gasteiger partial charge in [-0.3, -0.25) is 9.89 Å². The Kier molecular flexibility index (Phi) is 4.09. The number of hydrogen-bond donors (Lipinski definition) is 1. The van der Waals surface area contributed by atoms with E-state index in [1.807, 2.05) is 46.8 Å². The summed E-state index contributed by atoms with van der Waals surface area (Å²) in [7, 11) is 1.95. The Labute approximate surface area is 146 Å². The van der Waals surface area contributed by atoms with Crippen LogP contribution in [0.4, 0.5) is 0 Å². The molecule has 0 bridgehead atoms. The zero-order chi connectivity index (χ0) is 17.2. The minimum atomic E-state index is -0.0289. The Morgan fingerprint density at radius 3 is 2.76 bits per heavy atom. The maximum atomic E-state index is 13.2. The second-order valence-electron chi connectivity index (χ2n) is 6.41. The van der Waals surface area contributed by atoms with Crippen LogP contribution in [0.2, 0.25) is 0 Å². The molecule has 3 heterocycles. The molecule has 128 valence electrons. The molecule has 6 heteroatoms. The van der Waals surface area contributed by atoms with Crippen LogP contribution in [0.25, 0.3) is 11.3 Å². The maximum absolute atomic E-state index is 13.2. The van der Waals surface area contributed by atoms with Gasteiger partial charge in [0.15, 0.2) is 0 Å². The lowest BCUT2D eigenvalue weighted by Gasteiger charge is -2.34. The van der Waals surface area contributed by atoms with Crippen LogP contribution < -0.4 is 0 Å². The van der Waals surface area contributed by atoms with Gasteiger partial charge in [0.25, 0.3) is 5.91 Å². The lowest BCUT2D eigenvalue weighted by molar-refractivity contribution is 0.0590. The highest BCUT2D eigenvalue weighted by molar-refractivity contribution is 5.94. The van der Waals surface area contributed by atoms with Gasteiger partial charge in [-0.05, 0) is 37.0 Å². The topological polar surface area (TPSA) is 66.8 Å². The average molecular weight is 335 g/mol. The SMILES string of the molecule is Cn1c(C(=O)N2CCCCC2c2ncn[nH]2)ccc1-c1ccccc1. The Morgan fingerprint density at radius 1 is 1.16 bits per heavy atom. The molecule has 0 radical (unpaired) electrons. The number of aromatic amines is 1. The monoisotopic (exact) mass is 335 g/mol. The van der Waals surface area contributed by atoms with Crippen molar-refractivity contribution in [2.24, 2.45) is 7.05 Å². The fourth-order valence-corrected chi connectivity index (χ4v) is 3.61. The summed E-state index contributed by atoms with van der Waals surface area (Å²) < 4.78 is 1.98. The van der Waals surface area contributed by atoms with Crippen molar-refractivity contribution in [3.05, 3.63) is 60.3 Å². The van der Waals surface area contributed by atoms with Gasteiger partial charge in [0.2, 0.25) is 0 Å². The molecule has 1 N–H and O–H groups in total. The fourth-order valence-electron chi connectivity index (χ4n) is 3.61. The molecule has 6 nitrogen and oxygen atoms in total. The first-order chi connectivity index (χ1) is 12.3. The second-order valence-corrected chi connectivity index (χ2v) is 6.41. The highest BCUT2D eigenvalue weighted by atomic mass is 16.2. The van der Waals surface area contributed by atoms with E-state index in [2.05, 4.69) is 27.3 Å². The van der Waals surface area contributed by atoms with E-state index in [1.54, 1.807) is 0 Å². The number of likely N-dealkylation sites (tertiary alicyclic amines) is 1. The number of carbonyl (C=O) groups excluding carboxylic acids is 1. The van der Waals surface area contributed by atoms with Gasteiger partial charge in [-0.1, -0.05) is 30.3 Å². The normalized spacial score (nSPS) is 17.6. The first-order valence-corrected chi connectivity index (χ1v) is 8.63. The molecule has 1 amide bonds. The molecular formula is C19H21N5O. The third kappa shape index (κ3) is 2.84. The van der Waals surface area contributed by atoms with Crippen molar-refractivity contribution < 1.29 is 4.79 Å². The standard InChI is InChI=1S/C19H21N5O/c1-23-15(14-7-3-2-4-8-14)10-11-17(23)19(25)24-12-6-5-9-16(24)18-20-13-21-22-18/h2-4,7-8,10-11,13,16H,5-6,9,12H2,1H3,(H,20,21,22). The van der Waals surface area contributed by atoms with Gasteiger partial charge >= 0.3 is 0 Å². The zero-order valence-electron chi connectivity index (χ0n) is 14.2. The number of piperidine rings is 1. The van der Waals surface area contributed by atoms with E-state index in [9.17, 15) is 4.79 Å². The van der Waals surface area contributed by atoms with Crippen molar-refractivity contribution in [1.29, 1.82) is 0 Å². The Balaban J connectivity index is 1.65. The quantitative estimate of drug-likeness (QED) is 0.799. The molecule has 25 heavy (non-hydrogen) atoms. The second kappa shape index (κ2) is 6.55. The highest BCUT2D eigenvalue weighted by Gasteiger charge is 2.31. The van der Waals surface area contributed by atoms with Gasteiger partial charge in [0.05, 0.1) is 6.04 Å². The molecule has 2 aromatic heterocycles. The summed E-state index contributed by atoms with van der Waals surface area (Å²) in [6.07, 6.45) is 4.53. The van der Waals surface area contributed by atoms with Gasteiger partial charge in [-0.2, -0.15) is 5.10 Å². The van der Waals surface area contributed by atoms with E-state index in [0.717, 1.165) is 42.9 Å². The van der Waals surface area contributed by atoms with Gasteiger partial charge in [0.1, 0.15) is 17.8 Å². The maximum Gasteiger partial charge on any atom is 0.271 e. The predicted octanol–water partition coefficient (Wildman–Crippen LogP) is 3.18. The highest BCUT2D eigenvalue weighted by Crippen LogP contribution is 2.31. The minimum Gasteiger partial charge on any atom is -0.340 e. The van der Waals surface area contributed by atoms with Crippen LogP contribution in [0.3, 0.4) is 0 Å². The Morgan fingerprint density at radius 2 is 2.00 bits per heavy atom. The molecule has 1 aliphatic heterocycles. The van der Waals surface area contributed by atoms with Crippen LogP contribution >= 0.6 is 0 Å². The van der Waals surface area contributed by atoms with E-state index in [0.29, 0.717) is 5.69 Å². The van der Waals surface area contributed by atoms with Crippen molar-refractivity contribution in [2.45, 2.75) is 25.3 Å². The van der Waals surface area contributed by atoms with Crippen LogP contribution in [0, 0.1) is 0 Å². The first kappa shape index (κ1) is 15.6. The fraction of sp³-hybridized carbons (Fsp3) is 0.316. The summed E-state index contributed by atoms with van der Waals surface area (Å²) in [5.74, 6) is 0.816. The molecule has 4 rings (SSSR count). The molecule has 1 atom stereocenters. The van der Waals surface area contributed by atoms with Crippen molar-refractivity contribution in [3.63, 3.8) is 0 Å². The Hall–Kier alpha value is -2.89. The molecule has 1 saturated heterocycles. The molecule has 1 aliphatic rings. The van der Waals surface area contributed by atoms with Crippen LogP contribution in [-0.4, -0.2) is 37.1 Å².